The Morgan fingerprint density at radius 2 is 1.90 bits per heavy atom. The minimum Gasteiger partial charge on any atom is -0.310 e. The molecule has 6 heteroatoms. The van der Waals surface area contributed by atoms with E-state index in [2.05, 4.69) is 26.0 Å². The molecule has 0 amide bonds. The fourth-order valence-electron chi connectivity index (χ4n) is 2.10. The molecule has 1 aliphatic rings. The summed E-state index contributed by atoms with van der Waals surface area (Å²) in [4.78, 5) is 0.347. The van der Waals surface area contributed by atoms with E-state index >= 15 is 0 Å². The normalized spacial score (nSPS) is 16.2. The van der Waals surface area contributed by atoms with Crippen molar-refractivity contribution in [3.05, 3.63) is 27.7 Å². The molecule has 1 aromatic rings. The van der Waals surface area contributed by atoms with Gasteiger partial charge in [-0.25, -0.2) is 13.1 Å². The summed E-state index contributed by atoms with van der Waals surface area (Å²) in [6.07, 6.45) is 2.42. The topological polar surface area (TPSA) is 58.2 Å². The third kappa shape index (κ3) is 4.77. The van der Waals surface area contributed by atoms with Crippen molar-refractivity contribution in [2.45, 2.75) is 63.6 Å². The molecule has 21 heavy (non-hydrogen) atoms. The Labute approximate surface area is 135 Å². The number of benzene rings is 1. The summed E-state index contributed by atoms with van der Waals surface area (Å²) in [5.41, 5.74) is 1.22. The molecular weight excluding hydrogens is 352 g/mol. The highest BCUT2D eigenvalue weighted by atomic mass is 79.9. The lowest BCUT2D eigenvalue weighted by molar-refractivity contribution is 0.491. The van der Waals surface area contributed by atoms with Gasteiger partial charge in [-0.3, -0.25) is 0 Å². The Morgan fingerprint density at radius 3 is 2.43 bits per heavy atom. The molecule has 2 rings (SSSR count). The first kappa shape index (κ1) is 16.9. The third-order valence-electron chi connectivity index (χ3n) is 3.26. The summed E-state index contributed by atoms with van der Waals surface area (Å²) >= 11 is 3.47. The number of rotatable bonds is 5. The Hall–Kier alpha value is -0.430. The van der Waals surface area contributed by atoms with E-state index in [1.807, 2.05) is 33.8 Å². The minimum atomic E-state index is -3.52. The van der Waals surface area contributed by atoms with Crippen LogP contribution >= 0.6 is 15.9 Å². The van der Waals surface area contributed by atoms with E-state index in [0.29, 0.717) is 17.5 Å². The zero-order chi connectivity index (χ0) is 15.8. The van der Waals surface area contributed by atoms with Gasteiger partial charge in [0.15, 0.2) is 0 Å². The van der Waals surface area contributed by atoms with Gasteiger partial charge >= 0.3 is 0 Å². The minimum absolute atomic E-state index is 0.347. The van der Waals surface area contributed by atoms with E-state index in [4.69, 9.17) is 0 Å². The molecule has 0 aliphatic heterocycles. The molecule has 1 fully saturated rings. The predicted octanol–water partition coefficient (Wildman–Crippen LogP) is 3.09. The molecule has 2 N–H and O–H groups in total. The molecular formula is C15H23BrN2O2S. The number of halogens is 1. The van der Waals surface area contributed by atoms with Gasteiger partial charge in [-0.05, 0) is 63.8 Å². The van der Waals surface area contributed by atoms with E-state index in [-0.39, 0.29) is 0 Å². The van der Waals surface area contributed by atoms with Crippen LogP contribution in [-0.2, 0) is 16.6 Å². The average molecular weight is 375 g/mol. The fraction of sp³-hybridized carbons (Fsp3) is 0.600. The molecule has 0 aromatic heterocycles. The molecule has 4 nitrogen and oxygen atoms in total. The maximum atomic E-state index is 12.6. The Balaban J connectivity index is 2.32. The van der Waals surface area contributed by atoms with Crippen LogP contribution in [0, 0.1) is 6.92 Å². The van der Waals surface area contributed by atoms with Crippen LogP contribution in [0.2, 0.25) is 0 Å². The van der Waals surface area contributed by atoms with Crippen molar-refractivity contribution in [1.82, 2.24) is 10.0 Å². The van der Waals surface area contributed by atoms with Gasteiger partial charge in [0.05, 0.1) is 4.90 Å². The lowest BCUT2D eigenvalue weighted by atomic mass is 10.1. The SMILES string of the molecule is Cc1c(Br)cc(CNC2CC2)cc1S(=O)(=O)NC(C)(C)C. The van der Waals surface area contributed by atoms with Gasteiger partial charge in [0, 0.05) is 22.6 Å². The van der Waals surface area contributed by atoms with Crippen LogP contribution in [0.4, 0.5) is 0 Å². The molecule has 0 heterocycles. The number of sulfonamides is 1. The highest BCUT2D eigenvalue weighted by Crippen LogP contribution is 2.27. The fourth-order valence-corrected chi connectivity index (χ4v) is 4.47. The van der Waals surface area contributed by atoms with Gasteiger partial charge < -0.3 is 5.32 Å². The maximum absolute atomic E-state index is 12.6. The van der Waals surface area contributed by atoms with E-state index in [9.17, 15) is 8.42 Å². The van der Waals surface area contributed by atoms with Crippen molar-refractivity contribution in [3.63, 3.8) is 0 Å². The molecule has 1 aromatic carbocycles. The van der Waals surface area contributed by atoms with Crippen molar-refractivity contribution in [3.8, 4) is 0 Å². The molecule has 0 bridgehead atoms. The summed E-state index contributed by atoms with van der Waals surface area (Å²) in [5, 5.41) is 3.41. The highest BCUT2D eigenvalue weighted by Gasteiger charge is 2.25. The first-order chi connectivity index (χ1) is 9.58. The lowest BCUT2D eigenvalue weighted by Gasteiger charge is -2.22. The summed E-state index contributed by atoms with van der Waals surface area (Å²) in [7, 11) is -3.52. The molecule has 0 atom stereocenters. The zero-order valence-corrected chi connectivity index (χ0v) is 15.4. The Morgan fingerprint density at radius 1 is 1.29 bits per heavy atom. The van der Waals surface area contributed by atoms with E-state index < -0.39 is 15.6 Å². The van der Waals surface area contributed by atoms with E-state index in [1.54, 1.807) is 6.07 Å². The monoisotopic (exact) mass is 374 g/mol. The van der Waals surface area contributed by atoms with Gasteiger partial charge in [-0.1, -0.05) is 15.9 Å². The largest absolute Gasteiger partial charge is 0.310 e. The van der Waals surface area contributed by atoms with Gasteiger partial charge in [0.2, 0.25) is 10.0 Å². The van der Waals surface area contributed by atoms with Crippen molar-refractivity contribution in [2.24, 2.45) is 0 Å². The van der Waals surface area contributed by atoms with E-state index in [0.717, 1.165) is 15.6 Å². The molecule has 118 valence electrons. The van der Waals surface area contributed by atoms with Crippen molar-refractivity contribution in [1.29, 1.82) is 0 Å². The standard InChI is InChI=1S/C15H23BrN2O2S/c1-10-13(16)7-11(9-17-12-5-6-12)8-14(10)21(19,20)18-15(2,3)4/h7-8,12,17-18H,5-6,9H2,1-4H3. The first-order valence-corrected chi connectivity index (χ1v) is 9.42. The van der Waals surface area contributed by atoms with Crippen LogP contribution in [0.25, 0.3) is 0 Å². The Bertz CT molecular complexity index is 632. The van der Waals surface area contributed by atoms with Crippen molar-refractivity contribution >= 4 is 26.0 Å². The zero-order valence-electron chi connectivity index (χ0n) is 13.0. The third-order valence-corrected chi connectivity index (χ3v) is 5.97. The van der Waals surface area contributed by atoms with Crippen LogP contribution in [0.15, 0.2) is 21.5 Å². The van der Waals surface area contributed by atoms with Gasteiger partial charge in [-0.15, -0.1) is 0 Å². The first-order valence-electron chi connectivity index (χ1n) is 7.15. The van der Waals surface area contributed by atoms with E-state index in [1.165, 1.54) is 12.8 Å². The number of hydrogen-bond acceptors (Lipinski definition) is 3. The van der Waals surface area contributed by atoms with Gasteiger partial charge in [-0.2, -0.15) is 0 Å². The van der Waals surface area contributed by atoms with Crippen molar-refractivity contribution in [2.75, 3.05) is 0 Å². The molecule has 1 saturated carbocycles. The summed E-state index contributed by atoms with van der Waals surface area (Å²) in [5.74, 6) is 0. The Kier molecular flexibility index (Phi) is 4.83. The molecule has 0 unspecified atom stereocenters. The van der Waals surface area contributed by atoms with Crippen LogP contribution < -0.4 is 10.0 Å². The molecule has 0 radical (unpaired) electrons. The highest BCUT2D eigenvalue weighted by molar-refractivity contribution is 9.10. The smallest absolute Gasteiger partial charge is 0.241 e. The second-order valence-electron chi connectivity index (χ2n) is 6.71. The van der Waals surface area contributed by atoms with Crippen LogP contribution in [0.3, 0.4) is 0 Å². The summed E-state index contributed by atoms with van der Waals surface area (Å²) in [6, 6.07) is 4.35. The van der Waals surface area contributed by atoms with Crippen LogP contribution in [0.1, 0.15) is 44.7 Å². The maximum Gasteiger partial charge on any atom is 0.241 e. The van der Waals surface area contributed by atoms with Crippen LogP contribution in [0.5, 0.6) is 0 Å². The molecule has 0 spiro atoms. The average Bonchev–Trinajstić information content (AvgIpc) is 3.11. The number of hydrogen-bond donors (Lipinski definition) is 2. The van der Waals surface area contributed by atoms with Crippen LogP contribution in [-0.4, -0.2) is 20.0 Å². The number of nitrogens with one attached hydrogen (secondary N) is 2. The summed E-state index contributed by atoms with van der Waals surface area (Å²) in [6.45, 7) is 8.04. The second-order valence-corrected chi connectivity index (χ2v) is 9.22. The predicted molar refractivity (Wildman–Crippen MR) is 88.8 cm³/mol. The second kappa shape index (κ2) is 5.99. The van der Waals surface area contributed by atoms with Crippen molar-refractivity contribution < 1.29 is 8.42 Å². The van der Waals surface area contributed by atoms with Gasteiger partial charge in [0.25, 0.3) is 0 Å². The lowest BCUT2D eigenvalue weighted by Crippen LogP contribution is -2.40. The molecule has 1 aliphatic carbocycles. The summed E-state index contributed by atoms with van der Waals surface area (Å²) < 4.78 is 28.7. The molecule has 0 saturated heterocycles. The quantitative estimate of drug-likeness (QED) is 0.832. The van der Waals surface area contributed by atoms with Gasteiger partial charge in [0.1, 0.15) is 0 Å².